The summed E-state index contributed by atoms with van der Waals surface area (Å²) < 4.78 is 0. The van der Waals surface area contributed by atoms with Gasteiger partial charge < -0.3 is 15.1 Å². The van der Waals surface area contributed by atoms with Crippen LogP contribution in [0.2, 0.25) is 0 Å². The zero-order valence-electron chi connectivity index (χ0n) is 12.7. The van der Waals surface area contributed by atoms with E-state index >= 15 is 0 Å². The maximum atomic E-state index is 3.61. The van der Waals surface area contributed by atoms with Gasteiger partial charge in [0, 0.05) is 33.2 Å². The van der Waals surface area contributed by atoms with E-state index < -0.39 is 0 Å². The molecule has 1 heterocycles. The summed E-state index contributed by atoms with van der Waals surface area (Å²) in [4.78, 5) is 4.74. The summed E-state index contributed by atoms with van der Waals surface area (Å²) in [6.07, 6.45) is 1.23. The predicted molar refractivity (Wildman–Crippen MR) is 84.2 cm³/mol. The summed E-state index contributed by atoms with van der Waals surface area (Å²) >= 11 is 0. The van der Waals surface area contributed by atoms with Crippen molar-refractivity contribution in [1.82, 2.24) is 5.32 Å². The van der Waals surface area contributed by atoms with Crippen LogP contribution < -0.4 is 15.1 Å². The average molecular weight is 261 g/mol. The Hall–Kier alpha value is -1.22. The van der Waals surface area contributed by atoms with Crippen molar-refractivity contribution in [1.29, 1.82) is 0 Å². The lowest BCUT2D eigenvalue weighted by Gasteiger charge is -2.40. The molecule has 3 heteroatoms. The summed E-state index contributed by atoms with van der Waals surface area (Å²) in [7, 11) is 4.24. The Morgan fingerprint density at radius 3 is 2.68 bits per heavy atom. The van der Waals surface area contributed by atoms with E-state index in [1.807, 2.05) is 0 Å². The number of nitrogens with zero attached hydrogens (tertiary/aromatic N) is 2. The number of anilines is 2. The van der Waals surface area contributed by atoms with Crippen LogP contribution in [0.15, 0.2) is 24.3 Å². The van der Waals surface area contributed by atoms with Crippen LogP contribution in [0, 0.1) is 5.92 Å². The standard InChI is InChI=1S/C16H27N3/c1-5-17-14-10-11-19(12-13(14)2)16-9-7-6-8-15(16)18(3)4/h6-9,13-14,17H,5,10-12H2,1-4H3. The van der Waals surface area contributed by atoms with Gasteiger partial charge in [-0.3, -0.25) is 0 Å². The second-order valence-corrected chi connectivity index (χ2v) is 5.76. The number of piperidine rings is 1. The van der Waals surface area contributed by atoms with E-state index in [0.29, 0.717) is 12.0 Å². The summed E-state index contributed by atoms with van der Waals surface area (Å²) in [5, 5.41) is 3.61. The van der Waals surface area contributed by atoms with Crippen LogP contribution in [0.25, 0.3) is 0 Å². The SMILES string of the molecule is CCNC1CCN(c2ccccc2N(C)C)CC1C. The minimum Gasteiger partial charge on any atom is -0.376 e. The van der Waals surface area contributed by atoms with Gasteiger partial charge in [-0.25, -0.2) is 0 Å². The molecule has 2 rings (SSSR count). The molecule has 0 saturated carbocycles. The molecule has 1 aromatic carbocycles. The van der Waals surface area contributed by atoms with Crippen LogP contribution in [0.1, 0.15) is 20.3 Å². The van der Waals surface area contributed by atoms with Crippen molar-refractivity contribution in [3.05, 3.63) is 24.3 Å². The number of hydrogen-bond acceptors (Lipinski definition) is 3. The minimum absolute atomic E-state index is 0.674. The van der Waals surface area contributed by atoms with Gasteiger partial charge >= 0.3 is 0 Å². The number of rotatable bonds is 4. The molecule has 106 valence electrons. The van der Waals surface area contributed by atoms with Gasteiger partial charge in [0.05, 0.1) is 11.4 Å². The molecular weight excluding hydrogens is 234 g/mol. The Kier molecular flexibility index (Phi) is 4.70. The van der Waals surface area contributed by atoms with E-state index in [0.717, 1.165) is 19.6 Å². The number of benzene rings is 1. The highest BCUT2D eigenvalue weighted by Crippen LogP contribution is 2.31. The van der Waals surface area contributed by atoms with E-state index in [9.17, 15) is 0 Å². The highest BCUT2D eigenvalue weighted by Gasteiger charge is 2.26. The van der Waals surface area contributed by atoms with Crippen molar-refractivity contribution in [3.8, 4) is 0 Å². The Balaban J connectivity index is 2.12. The molecule has 1 N–H and O–H groups in total. The first kappa shape index (κ1) is 14.2. The van der Waals surface area contributed by atoms with Gasteiger partial charge in [0.1, 0.15) is 0 Å². The van der Waals surface area contributed by atoms with E-state index in [-0.39, 0.29) is 0 Å². The van der Waals surface area contributed by atoms with Crippen LogP contribution in [0.5, 0.6) is 0 Å². The van der Waals surface area contributed by atoms with Gasteiger partial charge in [-0.05, 0) is 31.0 Å². The predicted octanol–water partition coefficient (Wildman–Crippen LogP) is 2.58. The second kappa shape index (κ2) is 6.29. The van der Waals surface area contributed by atoms with Gasteiger partial charge in [0.25, 0.3) is 0 Å². The van der Waals surface area contributed by atoms with Gasteiger partial charge in [-0.2, -0.15) is 0 Å². The van der Waals surface area contributed by atoms with Crippen molar-refractivity contribution in [2.75, 3.05) is 43.5 Å². The van der Waals surface area contributed by atoms with Crippen molar-refractivity contribution in [3.63, 3.8) is 0 Å². The molecule has 3 nitrogen and oxygen atoms in total. The van der Waals surface area contributed by atoms with E-state index in [2.05, 4.69) is 67.3 Å². The van der Waals surface area contributed by atoms with Gasteiger partial charge in [0.2, 0.25) is 0 Å². The Labute approximate surface area is 117 Å². The van der Waals surface area contributed by atoms with Crippen molar-refractivity contribution >= 4 is 11.4 Å². The molecule has 1 aliphatic heterocycles. The van der Waals surface area contributed by atoms with E-state index in [1.54, 1.807) is 0 Å². The molecular formula is C16H27N3. The van der Waals surface area contributed by atoms with Gasteiger partial charge in [0.15, 0.2) is 0 Å². The minimum atomic E-state index is 0.674. The third-order valence-electron chi connectivity index (χ3n) is 4.08. The normalized spacial score (nSPS) is 23.5. The Morgan fingerprint density at radius 1 is 1.32 bits per heavy atom. The fourth-order valence-electron chi connectivity index (χ4n) is 3.04. The molecule has 0 aromatic heterocycles. The first-order valence-corrected chi connectivity index (χ1v) is 7.38. The number of para-hydroxylation sites is 2. The monoisotopic (exact) mass is 261 g/mol. The molecule has 0 bridgehead atoms. The summed E-state index contributed by atoms with van der Waals surface area (Å²) in [6.45, 7) is 7.91. The van der Waals surface area contributed by atoms with Crippen molar-refractivity contribution in [2.24, 2.45) is 5.92 Å². The van der Waals surface area contributed by atoms with Crippen LogP contribution in [0.3, 0.4) is 0 Å². The van der Waals surface area contributed by atoms with Gasteiger partial charge in [-0.1, -0.05) is 26.0 Å². The van der Waals surface area contributed by atoms with Crippen molar-refractivity contribution < 1.29 is 0 Å². The van der Waals surface area contributed by atoms with Gasteiger partial charge in [-0.15, -0.1) is 0 Å². The number of hydrogen-bond donors (Lipinski definition) is 1. The number of nitrogens with one attached hydrogen (secondary N) is 1. The zero-order chi connectivity index (χ0) is 13.8. The fourth-order valence-corrected chi connectivity index (χ4v) is 3.04. The van der Waals surface area contributed by atoms with E-state index in [4.69, 9.17) is 0 Å². The highest BCUT2D eigenvalue weighted by molar-refractivity contribution is 5.70. The average Bonchev–Trinajstić information content (AvgIpc) is 2.41. The molecule has 0 aliphatic carbocycles. The Morgan fingerprint density at radius 2 is 2.05 bits per heavy atom. The van der Waals surface area contributed by atoms with Crippen LogP contribution in [-0.2, 0) is 0 Å². The molecule has 1 aliphatic rings. The van der Waals surface area contributed by atoms with E-state index in [1.165, 1.54) is 17.8 Å². The molecule has 19 heavy (non-hydrogen) atoms. The molecule has 2 unspecified atom stereocenters. The molecule has 0 amide bonds. The summed E-state index contributed by atoms with van der Waals surface area (Å²) in [5.41, 5.74) is 2.69. The highest BCUT2D eigenvalue weighted by atomic mass is 15.2. The zero-order valence-corrected chi connectivity index (χ0v) is 12.7. The largest absolute Gasteiger partial charge is 0.376 e. The van der Waals surface area contributed by atoms with Crippen molar-refractivity contribution in [2.45, 2.75) is 26.3 Å². The lowest BCUT2D eigenvalue weighted by atomic mass is 9.93. The molecule has 0 radical (unpaired) electrons. The second-order valence-electron chi connectivity index (χ2n) is 5.76. The van der Waals surface area contributed by atoms with Crippen LogP contribution in [0.4, 0.5) is 11.4 Å². The maximum Gasteiger partial charge on any atom is 0.0604 e. The maximum absolute atomic E-state index is 3.61. The molecule has 1 fully saturated rings. The Bertz CT molecular complexity index is 403. The summed E-state index contributed by atoms with van der Waals surface area (Å²) in [6, 6.07) is 9.39. The molecule has 1 saturated heterocycles. The first-order chi connectivity index (χ1) is 9.13. The third-order valence-corrected chi connectivity index (χ3v) is 4.08. The third kappa shape index (κ3) is 3.21. The topological polar surface area (TPSA) is 18.5 Å². The first-order valence-electron chi connectivity index (χ1n) is 7.38. The van der Waals surface area contributed by atoms with Crippen LogP contribution >= 0.6 is 0 Å². The quantitative estimate of drug-likeness (QED) is 0.898. The lowest BCUT2D eigenvalue weighted by molar-refractivity contribution is 0.327. The molecule has 1 aromatic rings. The van der Waals surface area contributed by atoms with Crippen LogP contribution in [-0.4, -0.2) is 39.8 Å². The molecule has 2 atom stereocenters. The fraction of sp³-hybridized carbons (Fsp3) is 0.625. The summed E-state index contributed by atoms with van der Waals surface area (Å²) in [5.74, 6) is 0.698. The lowest BCUT2D eigenvalue weighted by Crippen LogP contribution is -2.48. The smallest absolute Gasteiger partial charge is 0.0604 e. The molecule has 0 spiro atoms.